The van der Waals surface area contributed by atoms with Gasteiger partial charge in [0.15, 0.2) is 5.82 Å². The summed E-state index contributed by atoms with van der Waals surface area (Å²) in [7, 11) is 1.74. The second-order valence-electron chi connectivity index (χ2n) is 12.6. The number of piperazine rings is 1. The average Bonchev–Trinajstić information content (AvgIpc) is 3.22. The third kappa shape index (κ3) is 4.75. The molecule has 0 bridgehead atoms. The number of nitrogen functional groups attached to an aromatic ring is 1. The van der Waals surface area contributed by atoms with Gasteiger partial charge in [0, 0.05) is 91.9 Å². The van der Waals surface area contributed by atoms with Gasteiger partial charge in [-0.3, -0.25) is 14.5 Å². The molecule has 3 heterocycles. The van der Waals surface area contributed by atoms with Crippen molar-refractivity contribution in [2.45, 2.75) is 52.1 Å². The summed E-state index contributed by atoms with van der Waals surface area (Å²) >= 11 is 7.02. The highest BCUT2D eigenvalue weighted by Crippen LogP contribution is 2.55. The topological polar surface area (TPSA) is 133 Å². The van der Waals surface area contributed by atoms with Gasteiger partial charge in [0.25, 0.3) is 0 Å². The van der Waals surface area contributed by atoms with Crippen LogP contribution in [-0.2, 0) is 4.79 Å². The Bertz CT molecular complexity index is 1490. The predicted octanol–water partition coefficient (Wildman–Crippen LogP) is 4.15. The number of likely N-dealkylation sites (tertiary alicyclic amines) is 1. The number of halogens is 1. The fourth-order valence-corrected chi connectivity index (χ4v) is 7.38. The van der Waals surface area contributed by atoms with Gasteiger partial charge in [-0.2, -0.15) is 5.10 Å². The van der Waals surface area contributed by atoms with Crippen molar-refractivity contribution < 1.29 is 4.79 Å². The van der Waals surface area contributed by atoms with E-state index in [-0.39, 0.29) is 22.9 Å². The molecule has 1 amide bonds. The quantitative estimate of drug-likeness (QED) is 0.252. The highest BCUT2D eigenvalue weighted by Gasteiger charge is 2.54. The van der Waals surface area contributed by atoms with Gasteiger partial charge in [-0.15, -0.1) is 0 Å². The Morgan fingerprint density at radius 1 is 1.19 bits per heavy atom. The van der Waals surface area contributed by atoms with E-state index in [0.29, 0.717) is 29.4 Å². The largest absolute Gasteiger partial charge is 0.403 e. The van der Waals surface area contributed by atoms with E-state index < -0.39 is 0 Å². The zero-order valence-corrected chi connectivity index (χ0v) is 26.0. The first-order valence-electron chi connectivity index (χ1n) is 14.4. The first-order chi connectivity index (χ1) is 19.9. The number of aryl methyl sites for hydroxylation is 1. The number of benzene rings is 1. The third-order valence-electron chi connectivity index (χ3n) is 9.22. The average molecular weight is 592 g/mol. The maximum Gasteiger partial charge on any atom is 0.245 e. The normalized spacial score (nSPS) is 20.1. The van der Waals surface area contributed by atoms with E-state index in [9.17, 15) is 4.79 Å². The van der Waals surface area contributed by atoms with Crippen LogP contribution in [0.5, 0.6) is 0 Å². The maximum atomic E-state index is 12.1. The van der Waals surface area contributed by atoms with E-state index in [1.165, 1.54) is 12.3 Å². The summed E-state index contributed by atoms with van der Waals surface area (Å²) in [5, 5.41) is 14.1. The summed E-state index contributed by atoms with van der Waals surface area (Å²) < 4.78 is 2.15. The van der Waals surface area contributed by atoms with Crippen LogP contribution in [0.25, 0.3) is 11.1 Å². The number of hydrogen-bond acceptors (Lipinski definition) is 8. The Kier molecular flexibility index (Phi) is 7.64. The molecule has 10 nitrogen and oxygen atoms in total. The molecular weight excluding hydrogens is 550 g/mol. The van der Waals surface area contributed by atoms with Crippen molar-refractivity contribution in [1.29, 1.82) is 5.41 Å². The molecule has 11 heteroatoms. The van der Waals surface area contributed by atoms with Crippen LogP contribution in [0.1, 0.15) is 49.6 Å². The van der Waals surface area contributed by atoms with Crippen LogP contribution in [0, 0.1) is 24.7 Å². The number of amides is 1. The number of allylic oxidation sites excluding steroid dienone is 1. The Morgan fingerprint density at radius 3 is 2.45 bits per heavy atom. The van der Waals surface area contributed by atoms with Crippen LogP contribution in [-0.4, -0.2) is 83.2 Å². The molecule has 42 heavy (non-hydrogen) atoms. The Labute approximate surface area is 253 Å². The lowest BCUT2D eigenvalue weighted by molar-refractivity contribution is -0.149. The fraction of sp³-hybridized carbons (Fsp3) is 0.484. The number of anilines is 2. The maximum absolute atomic E-state index is 12.1. The summed E-state index contributed by atoms with van der Waals surface area (Å²) in [5.41, 5.74) is 17.8. The zero-order chi connectivity index (χ0) is 30.6. The number of nitrogens with two attached hydrogens (primary N) is 2. The highest BCUT2D eigenvalue weighted by atomic mass is 35.5. The van der Waals surface area contributed by atoms with Gasteiger partial charge >= 0.3 is 0 Å². The van der Waals surface area contributed by atoms with Crippen molar-refractivity contribution >= 4 is 41.4 Å². The molecule has 5 N–H and O–H groups in total. The molecule has 0 radical (unpaired) electrons. The van der Waals surface area contributed by atoms with E-state index in [2.05, 4.69) is 46.8 Å². The smallest absolute Gasteiger partial charge is 0.245 e. The van der Waals surface area contributed by atoms with E-state index in [0.717, 1.165) is 66.4 Å². The monoisotopic (exact) mass is 591 g/mol. The fourth-order valence-electron chi connectivity index (χ4n) is 7.12. The third-order valence-corrected chi connectivity index (χ3v) is 9.71. The minimum Gasteiger partial charge on any atom is -0.403 e. The summed E-state index contributed by atoms with van der Waals surface area (Å²) in [6.07, 6.45) is 7.98. The van der Waals surface area contributed by atoms with Crippen molar-refractivity contribution in [1.82, 2.24) is 19.6 Å². The number of hydrogen-bond donors (Lipinski definition) is 3. The number of nitrogens with zero attached hydrogens (tertiary/aromatic N) is 6. The van der Waals surface area contributed by atoms with Crippen LogP contribution in [0.4, 0.5) is 11.5 Å². The Balaban J connectivity index is 1.57. The predicted molar refractivity (Wildman–Crippen MR) is 172 cm³/mol. The molecule has 0 unspecified atom stereocenters. The molecular formula is C31H42ClN9O. The first kappa shape index (κ1) is 29.7. The summed E-state index contributed by atoms with van der Waals surface area (Å²) in [6.45, 7) is 15.8. The minimum atomic E-state index is -0.318. The van der Waals surface area contributed by atoms with Crippen LogP contribution >= 0.6 is 11.6 Å². The molecule has 2 saturated heterocycles. The molecule has 2 aliphatic heterocycles. The van der Waals surface area contributed by atoms with Crippen molar-refractivity contribution in [3.63, 3.8) is 0 Å². The lowest BCUT2D eigenvalue weighted by Crippen LogP contribution is -2.63. The summed E-state index contributed by atoms with van der Waals surface area (Å²) in [6, 6.07) is 2.03. The van der Waals surface area contributed by atoms with Gasteiger partial charge < -0.3 is 31.6 Å². The number of aromatic nitrogens is 2. The van der Waals surface area contributed by atoms with Gasteiger partial charge in [-0.05, 0) is 58.2 Å². The molecule has 1 saturated carbocycles. The van der Waals surface area contributed by atoms with Crippen molar-refractivity contribution in [2.24, 2.45) is 16.1 Å². The Hall–Kier alpha value is -3.79. The number of aliphatic imine (C=N–C) groups is 1. The summed E-state index contributed by atoms with van der Waals surface area (Å²) in [5.74, 6) is 0.835. The van der Waals surface area contributed by atoms with E-state index in [1.807, 2.05) is 17.9 Å². The molecule has 5 rings (SSSR count). The van der Waals surface area contributed by atoms with E-state index in [1.54, 1.807) is 19.5 Å². The minimum absolute atomic E-state index is 0.00557. The number of carbonyl (C=O) groups is 1. The zero-order valence-electron chi connectivity index (χ0n) is 25.2. The lowest BCUT2D eigenvalue weighted by atomic mass is 9.60. The number of carbonyl (C=O) groups excluding carboxylic acids is 1. The van der Waals surface area contributed by atoms with E-state index in [4.69, 9.17) is 33.6 Å². The van der Waals surface area contributed by atoms with Gasteiger partial charge in [0.1, 0.15) is 0 Å². The SMILES string of the molecule is C=CC(=O)N1CC2(CC(n3nc(N4CCN(/C(C=NC)=C/N)CC4(C)C)c(-c4c(Cl)c(C)cc(N)c4C=N)c3C)C2)C1. The van der Waals surface area contributed by atoms with Crippen LogP contribution in [0.15, 0.2) is 35.6 Å². The van der Waals surface area contributed by atoms with Crippen LogP contribution in [0.3, 0.4) is 0 Å². The molecule has 1 spiro atoms. The molecule has 1 aromatic heterocycles. The highest BCUT2D eigenvalue weighted by molar-refractivity contribution is 6.35. The van der Waals surface area contributed by atoms with Gasteiger partial charge in [-0.25, -0.2) is 0 Å². The Morgan fingerprint density at radius 2 is 1.88 bits per heavy atom. The second-order valence-corrected chi connectivity index (χ2v) is 13.0. The summed E-state index contributed by atoms with van der Waals surface area (Å²) in [4.78, 5) is 22.7. The lowest BCUT2D eigenvalue weighted by Gasteiger charge is -2.58. The first-order valence-corrected chi connectivity index (χ1v) is 14.7. The van der Waals surface area contributed by atoms with Crippen LogP contribution in [0.2, 0.25) is 5.02 Å². The standard InChI is InChI=1S/C31H42ClN9O/c1-7-25(42)39-17-31(18-39)11-21(12-31)41-20(3)26(27-23(14-34)24(35)10-19(2)28(27)32)29(37-41)40-9-8-38(16-30(40,4)5)22(13-33)15-36-6/h7,10,13-15,21,34H,1,8-9,11-12,16-18,33,35H2,2-6H3/b22-13+,34-14?,36-15?. The molecule has 1 aromatic carbocycles. The molecule has 1 aliphatic carbocycles. The number of rotatable bonds is 7. The van der Waals surface area contributed by atoms with Crippen LogP contribution < -0.4 is 16.4 Å². The van der Waals surface area contributed by atoms with Crippen molar-refractivity contribution in [2.75, 3.05) is 50.4 Å². The number of nitrogens with one attached hydrogen (secondary N) is 1. The van der Waals surface area contributed by atoms with Gasteiger partial charge in [-0.1, -0.05) is 18.2 Å². The van der Waals surface area contributed by atoms with E-state index >= 15 is 0 Å². The van der Waals surface area contributed by atoms with Gasteiger partial charge in [0.2, 0.25) is 5.91 Å². The molecule has 3 aliphatic rings. The molecule has 2 aromatic rings. The van der Waals surface area contributed by atoms with Gasteiger partial charge in [0.05, 0.1) is 22.3 Å². The van der Waals surface area contributed by atoms with Crippen molar-refractivity contribution in [3.8, 4) is 11.1 Å². The molecule has 3 fully saturated rings. The molecule has 224 valence electrons. The molecule has 0 atom stereocenters. The second kappa shape index (κ2) is 10.8. The van der Waals surface area contributed by atoms with Crippen molar-refractivity contribution in [3.05, 3.63) is 52.5 Å².